The topological polar surface area (TPSA) is 45.1 Å². The summed E-state index contributed by atoms with van der Waals surface area (Å²) >= 11 is 0. The fourth-order valence-corrected chi connectivity index (χ4v) is 2.21. The monoisotopic (exact) mass is 206 g/mol. The van der Waals surface area contributed by atoms with Gasteiger partial charge in [-0.25, -0.2) is 0 Å². The highest BCUT2D eigenvalue weighted by Gasteiger charge is 2.34. The molecule has 1 saturated heterocycles. The standard InChI is InChI=1S/C12H18N2O/c1-9-3-4-11(8-14-9)12(15)5-6-13-10(2)7-12/h3-4,8,10,13,15H,5-7H2,1-2H3. The number of nitrogens with one attached hydrogen (secondary N) is 1. The van der Waals surface area contributed by atoms with Gasteiger partial charge in [0.05, 0.1) is 5.60 Å². The minimum Gasteiger partial charge on any atom is -0.385 e. The van der Waals surface area contributed by atoms with Crippen LogP contribution in [0.25, 0.3) is 0 Å². The molecule has 15 heavy (non-hydrogen) atoms. The Morgan fingerprint density at radius 2 is 2.33 bits per heavy atom. The summed E-state index contributed by atoms with van der Waals surface area (Å²) in [5.74, 6) is 0. The van der Waals surface area contributed by atoms with E-state index in [2.05, 4.69) is 17.2 Å². The molecule has 3 nitrogen and oxygen atoms in total. The summed E-state index contributed by atoms with van der Waals surface area (Å²) in [6.07, 6.45) is 3.33. The van der Waals surface area contributed by atoms with Crippen LogP contribution in [0.3, 0.4) is 0 Å². The molecule has 0 bridgehead atoms. The number of hydrogen-bond acceptors (Lipinski definition) is 3. The zero-order valence-corrected chi connectivity index (χ0v) is 9.33. The molecule has 2 rings (SSSR count). The summed E-state index contributed by atoms with van der Waals surface area (Å²) in [6, 6.07) is 4.31. The van der Waals surface area contributed by atoms with E-state index in [-0.39, 0.29) is 0 Å². The number of aliphatic hydroxyl groups is 1. The third kappa shape index (κ3) is 2.19. The van der Waals surface area contributed by atoms with Crippen molar-refractivity contribution in [3.05, 3.63) is 29.6 Å². The number of pyridine rings is 1. The zero-order chi connectivity index (χ0) is 10.9. The van der Waals surface area contributed by atoms with Crippen LogP contribution in [0, 0.1) is 6.92 Å². The number of rotatable bonds is 1. The highest BCUT2D eigenvalue weighted by molar-refractivity contribution is 5.21. The lowest BCUT2D eigenvalue weighted by molar-refractivity contribution is -0.00676. The molecule has 0 amide bonds. The summed E-state index contributed by atoms with van der Waals surface area (Å²) in [5, 5.41) is 13.9. The van der Waals surface area contributed by atoms with Gasteiger partial charge in [-0.15, -0.1) is 0 Å². The molecule has 3 heteroatoms. The first kappa shape index (κ1) is 10.6. The second-order valence-electron chi connectivity index (χ2n) is 4.53. The van der Waals surface area contributed by atoms with Crippen molar-refractivity contribution in [2.45, 2.75) is 38.3 Å². The van der Waals surface area contributed by atoms with E-state index in [0.29, 0.717) is 6.04 Å². The van der Waals surface area contributed by atoms with Gasteiger partial charge in [0.2, 0.25) is 0 Å². The van der Waals surface area contributed by atoms with Gasteiger partial charge in [-0.05, 0) is 39.3 Å². The predicted octanol–water partition coefficient (Wildman–Crippen LogP) is 1.35. The van der Waals surface area contributed by atoms with Gasteiger partial charge in [-0.2, -0.15) is 0 Å². The molecule has 0 radical (unpaired) electrons. The summed E-state index contributed by atoms with van der Waals surface area (Å²) < 4.78 is 0. The predicted molar refractivity (Wildman–Crippen MR) is 59.6 cm³/mol. The molecular formula is C12H18N2O. The van der Waals surface area contributed by atoms with Gasteiger partial charge in [0.25, 0.3) is 0 Å². The third-order valence-electron chi connectivity index (χ3n) is 3.12. The van der Waals surface area contributed by atoms with Crippen molar-refractivity contribution in [2.75, 3.05) is 6.54 Å². The molecule has 82 valence electrons. The Morgan fingerprint density at radius 1 is 1.53 bits per heavy atom. The second-order valence-corrected chi connectivity index (χ2v) is 4.53. The molecule has 2 N–H and O–H groups in total. The maximum absolute atomic E-state index is 10.5. The van der Waals surface area contributed by atoms with Crippen LogP contribution in [-0.2, 0) is 5.60 Å². The Labute approximate surface area is 90.5 Å². The quantitative estimate of drug-likeness (QED) is 0.729. The molecule has 0 spiro atoms. The first-order valence-electron chi connectivity index (χ1n) is 5.49. The Hall–Kier alpha value is -0.930. The fourth-order valence-electron chi connectivity index (χ4n) is 2.21. The first-order valence-corrected chi connectivity index (χ1v) is 5.49. The average Bonchev–Trinajstić information content (AvgIpc) is 2.18. The lowest BCUT2D eigenvalue weighted by Crippen LogP contribution is -2.45. The van der Waals surface area contributed by atoms with Crippen LogP contribution < -0.4 is 5.32 Å². The van der Waals surface area contributed by atoms with Crippen molar-refractivity contribution in [1.82, 2.24) is 10.3 Å². The van der Waals surface area contributed by atoms with Gasteiger partial charge in [0.1, 0.15) is 0 Å². The van der Waals surface area contributed by atoms with Gasteiger partial charge in [0.15, 0.2) is 0 Å². The minimum atomic E-state index is -0.689. The Bertz CT molecular complexity index is 336. The highest BCUT2D eigenvalue weighted by atomic mass is 16.3. The Balaban J connectivity index is 2.24. The zero-order valence-electron chi connectivity index (χ0n) is 9.33. The largest absolute Gasteiger partial charge is 0.385 e. The molecular weight excluding hydrogens is 188 g/mol. The van der Waals surface area contributed by atoms with E-state index in [4.69, 9.17) is 0 Å². The maximum Gasteiger partial charge on any atom is 0.0938 e. The van der Waals surface area contributed by atoms with E-state index >= 15 is 0 Å². The maximum atomic E-state index is 10.5. The van der Waals surface area contributed by atoms with Gasteiger partial charge in [-0.1, -0.05) is 6.07 Å². The van der Waals surface area contributed by atoms with Crippen molar-refractivity contribution in [1.29, 1.82) is 0 Å². The van der Waals surface area contributed by atoms with Crippen LogP contribution >= 0.6 is 0 Å². The van der Waals surface area contributed by atoms with Gasteiger partial charge < -0.3 is 10.4 Å². The van der Waals surface area contributed by atoms with E-state index in [1.54, 1.807) is 6.20 Å². The van der Waals surface area contributed by atoms with Crippen LogP contribution in [0.5, 0.6) is 0 Å². The number of aryl methyl sites for hydroxylation is 1. The normalized spacial score (nSPS) is 31.5. The van der Waals surface area contributed by atoms with Crippen LogP contribution in [0.4, 0.5) is 0 Å². The van der Waals surface area contributed by atoms with Crippen molar-refractivity contribution < 1.29 is 5.11 Å². The summed E-state index contributed by atoms with van der Waals surface area (Å²) in [7, 11) is 0. The molecule has 1 aromatic rings. The van der Waals surface area contributed by atoms with Crippen LogP contribution in [0.2, 0.25) is 0 Å². The molecule has 1 aliphatic rings. The number of aromatic nitrogens is 1. The van der Waals surface area contributed by atoms with Crippen LogP contribution in [0.15, 0.2) is 18.3 Å². The number of hydrogen-bond donors (Lipinski definition) is 2. The van der Waals surface area contributed by atoms with Crippen molar-refractivity contribution >= 4 is 0 Å². The molecule has 2 unspecified atom stereocenters. The van der Waals surface area contributed by atoms with Crippen molar-refractivity contribution in [3.8, 4) is 0 Å². The number of piperidine rings is 1. The van der Waals surface area contributed by atoms with E-state index in [9.17, 15) is 5.11 Å². The molecule has 0 aromatic carbocycles. The van der Waals surface area contributed by atoms with E-state index < -0.39 is 5.60 Å². The SMILES string of the molecule is Cc1ccc(C2(O)CCNC(C)C2)cn1. The van der Waals surface area contributed by atoms with Gasteiger partial charge in [0, 0.05) is 23.5 Å². The minimum absolute atomic E-state index is 0.366. The molecule has 0 saturated carbocycles. The van der Waals surface area contributed by atoms with Crippen LogP contribution in [0.1, 0.15) is 31.0 Å². The summed E-state index contributed by atoms with van der Waals surface area (Å²) in [5.41, 5.74) is 1.25. The first-order chi connectivity index (χ1) is 7.10. The summed E-state index contributed by atoms with van der Waals surface area (Å²) in [4.78, 5) is 4.24. The third-order valence-corrected chi connectivity index (χ3v) is 3.12. The molecule has 2 heterocycles. The van der Waals surface area contributed by atoms with Gasteiger partial charge >= 0.3 is 0 Å². The molecule has 0 aliphatic carbocycles. The average molecular weight is 206 g/mol. The fraction of sp³-hybridized carbons (Fsp3) is 0.583. The molecule has 2 atom stereocenters. The van der Waals surface area contributed by atoms with E-state index in [0.717, 1.165) is 30.6 Å². The lowest BCUT2D eigenvalue weighted by Gasteiger charge is -2.36. The summed E-state index contributed by atoms with van der Waals surface area (Å²) in [6.45, 7) is 4.93. The van der Waals surface area contributed by atoms with E-state index in [1.165, 1.54) is 0 Å². The highest BCUT2D eigenvalue weighted by Crippen LogP contribution is 2.31. The lowest BCUT2D eigenvalue weighted by atomic mass is 9.83. The van der Waals surface area contributed by atoms with Crippen molar-refractivity contribution in [3.63, 3.8) is 0 Å². The second kappa shape index (κ2) is 3.91. The van der Waals surface area contributed by atoms with Gasteiger partial charge in [-0.3, -0.25) is 4.98 Å². The van der Waals surface area contributed by atoms with Crippen molar-refractivity contribution in [2.24, 2.45) is 0 Å². The Morgan fingerprint density at radius 3 is 2.93 bits per heavy atom. The van der Waals surface area contributed by atoms with Crippen LogP contribution in [-0.4, -0.2) is 22.7 Å². The number of nitrogens with zero attached hydrogens (tertiary/aromatic N) is 1. The molecule has 1 fully saturated rings. The molecule has 1 aromatic heterocycles. The molecule has 1 aliphatic heterocycles. The Kier molecular flexibility index (Phi) is 2.76. The van der Waals surface area contributed by atoms with E-state index in [1.807, 2.05) is 19.1 Å². The smallest absolute Gasteiger partial charge is 0.0938 e.